The van der Waals surface area contributed by atoms with Crippen molar-refractivity contribution in [1.29, 1.82) is 0 Å². The number of carbonyl (C=O) groups is 2. The minimum atomic E-state index is -0.445. The average Bonchev–Trinajstić information content (AvgIpc) is 3.13. The molecule has 7 heteroatoms. The zero-order chi connectivity index (χ0) is 21.0. The summed E-state index contributed by atoms with van der Waals surface area (Å²) in [5.41, 5.74) is 2.82. The molecule has 0 aliphatic carbocycles. The molecule has 3 aromatic rings. The maximum absolute atomic E-state index is 13.0. The van der Waals surface area contributed by atoms with Gasteiger partial charge in [0.1, 0.15) is 17.6 Å². The van der Waals surface area contributed by atoms with Crippen LogP contribution in [0.5, 0.6) is 5.75 Å². The summed E-state index contributed by atoms with van der Waals surface area (Å²) in [6.07, 6.45) is 3.53. The Bertz CT molecular complexity index is 1020. The van der Waals surface area contributed by atoms with Gasteiger partial charge in [0.15, 0.2) is 0 Å². The predicted molar refractivity (Wildman–Crippen MR) is 111 cm³/mol. The fourth-order valence-corrected chi connectivity index (χ4v) is 3.05. The first-order valence-corrected chi connectivity index (χ1v) is 9.19. The van der Waals surface area contributed by atoms with Crippen LogP contribution >= 0.6 is 0 Å². The highest BCUT2D eigenvalue weighted by atomic mass is 16.5. The third-order valence-corrected chi connectivity index (χ3v) is 4.65. The zero-order valence-electron chi connectivity index (χ0n) is 16.9. The summed E-state index contributed by atoms with van der Waals surface area (Å²) in [5.74, 6) is 0.991. The SMILES string of the molecule is COc1ccc(C(NC(=O)c2ccc(C)c(NC(C)=O)c2)c2nccn2C)cc1. The predicted octanol–water partition coefficient (Wildman–Crippen LogP) is 3.21. The molecular weight excluding hydrogens is 368 g/mol. The molecule has 1 unspecified atom stereocenters. The molecule has 29 heavy (non-hydrogen) atoms. The van der Waals surface area contributed by atoms with E-state index >= 15 is 0 Å². The zero-order valence-corrected chi connectivity index (χ0v) is 16.9. The molecule has 2 amide bonds. The highest BCUT2D eigenvalue weighted by molar-refractivity contribution is 5.97. The Morgan fingerprint density at radius 3 is 2.45 bits per heavy atom. The van der Waals surface area contributed by atoms with Gasteiger partial charge in [0.2, 0.25) is 5.91 Å². The maximum Gasteiger partial charge on any atom is 0.252 e. The summed E-state index contributed by atoms with van der Waals surface area (Å²) in [4.78, 5) is 28.9. The fourth-order valence-electron chi connectivity index (χ4n) is 3.05. The van der Waals surface area contributed by atoms with Crippen LogP contribution in [-0.4, -0.2) is 28.5 Å². The Kier molecular flexibility index (Phi) is 5.97. The highest BCUT2D eigenvalue weighted by Gasteiger charge is 2.22. The number of amides is 2. The monoisotopic (exact) mass is 392 g/mol. The van der Waals surface area contributed by atoms with E-state index in [9.17, 15) is 9.59 Å². The van der Waals surface area contributed by atoms with Gasteiger partial charge in [0.05, 0.1) is 7.11 Å². The lowest BCUT2D eigenvalue weighted by Gasteiger charge is -2.20. The molecule has 0 radical (unpaired) electrons. The van der Waals surface area contributed by atoms with E-state index in [1.807, 2.05) is 55.1 Å². The Morgan fingerprint density at radius 2 is 1.86 bits per heavy atom. The molecule has 2 N–H and O–H groups in total. The van der Waals surface area contributed by atoms with Crippen LogP contribution in [0.4, 0.5) is 5.69 Å². The van der Waals surface area contributed by atoms with E-state index in [2.05, 4.69) is 15.6 Å². The van der Waals surface area contributed by atoms with E-state index in [1.165, 1.54) is 6.92 Å². The average molecular weight is 392 g/mol. The summed E-state index contributed by atoms with van der Waals surface area (Å²) in [7, 11) is 3.49. The van der Waals surface area contributed by atoms with Crippen molar-refractivity contribution in [2.24, 2.45) is 7.05 Å². The second kappa shape index (κ2) is 8.60. The first kappa shape index (κ1) is 20.1. The van der Waals surface area contributed by atoms with Gasteiger partial charge in [-0.25, -0.2) is 4.98 Å². The number of carbonyl (C=O) groups excluding carboxylic acids is 2. The summed E-state index contributed by atoms with van der Waals surface area (Å²) in [6.45, 7) is 3.31. The first-order chi connectivity index (χ1) is 13.9. The molecule has 0 saturated carbocycles. The van der Waals surface area contributed by atoms with Gasteiger partial charge in [-0.1, -0.05) is 18.2 Å². The quantitative estimate of drug-likeness (QED) is 0.675. The molecule has 150 valence electrons. The number of ether oxygens (including phenoxy) is 1. The van der Waals surface area contributed by atoms with Crippen LogP contribution < -0.4 is 15.4 Å². The largest absolute Gasteiger partial charge is 0.497 e. The standard InChI is InChI=1S/C22H24N4O3/c1-14-5-6-17(13-19(14)24-15(2)27)22(28)25-20(21-23-11-12-26(21)3)16-7-9-18(29-4)10-8-16/h5-13,20H,1-4H3,(H,24,27)(H,25,28). The van der Waals surface area contributed by atoms with E-state index < -0.39 is 6.04 Å². The molecule has 0 aliphatic heterocycles. The number of hydrogen-bond acceptors (Lipinski definition) is 4. The van der Waals surface area contributed by atoms with Crippen LogP contribution in [0.1, 0.15) is 40.3 Å². The molecular formula is C22H24N4O3. The van der Waals surface area contributed by atoms with Gasteiger partial charge in [0, 0.05) is 37.6 Å². The van der Waals surface area contributed by atoms with Crippen molar-refractivity contribution in [3.8, 4) is 5.75 Å². The summed E-state index contributed by atoms with van der Waals surface area (Å²) in [5, 5.41) is 5.81. The van der Waals surface area contributed by atoms with Crippen molar-refractivity contribution < 1.29 is 14.3 Å². The lowest BCUT2D eigenvalue weighted by atomic mass is 10.0. The second-order valence-corrected chi connectivity index (χ2v) is 6.79. The Balaban J connectivity index is 1.92. The van der Waals surface area contributed by atoms with Crippen molar-refractivity contribution in [3.63, 3.8) is 0 Å². The van der Waals surface area contributed by atoms with Crippen LogP contribution in [0.25, 0.3) is 0 Å². The molecule has 2 aromatic carbocycles. The third-order valence-electron chi connectivity index (χ3n) is 4.65. The lowest BCUT2D eigenvalue weighted by Crippen LogP contribution is -2.31. The molecule has 1 aromatic heterocycles. The summed E-state index contributed by atoms with van der Waals surface area (Å²) in [6, 6.07) is 12.3. The molecule has 0 aliphatic rings. The van der Waals surface area contributed by atoms with Crippen LogP contribution in [0.2, 0.25) is 0 Å². The van der Waals surface area contributed by atoms with Crippen LogP contribution in [0.3, 0.4) is 0 Å². The summed E-state index contributed by atoms with van der Waals surface area (Å²) < 4.78 is 7.10. The first-order valence-electron chi connectivity index (χ1n) is 9.19. The summed E-state index contributed by atoms with van der Waals surface area (Å²) >= 11 is 0. The minimum absolute atomic E-state index is 0.185. The number of imidazole rings is 1. The van der Waals surface area contributed by atoms with Gasteiger partial charge >= 0.3 is 0 Å². The number of rotatable bonds is 6. The normalized spacial score (nSPS) is 11.6. The number of methoxy groups -OCH3 is 1. The van der Waals surface area contributed by atoms with Crippen LogP contribution in [0, 0.1) is 6.92 Å². The van der Waals surface area contributed by atoms with Gasteiger partial charge in [0.25, 0.3) is 5.91 Å². The minimum Gasteiger partial charge on any atom is -0.497 e. The maximum atomic E-state index is 13.0. The van der Waals surface area contributed by atoms with E-state index in [1.54, 1.807) is 25.4 Å². The molecule has 0 bridgehead atoms. The molecule has 0 fully saturated rings. The lowest BCUT2D eigenvalue weighted by molar-refractivity contribution is -0.114. The van der Waals surface area contributed by atoms with Crippen molar-refractivity contribution in [1.82, 2.24) is 14.9 Å². The number of aryl methyl sites for hydroxylation is 2. The van der Waals surface area contributed by atoms with Crippen molar-refractivity contribution in [2.75, 3.05) is 12.4 Å². The number of nitrogens with one attached hydrogen (secondary N) is 2. The molecule has 7 nitrogen and oxygen atoms in total. The van der Waals surface area contributed by atoms with Crippen molar-refractivity contribution in [3.05, 3.63) is 77.4 Å². The molecule has 3 rings (SSSR count). The number of anilines is 1. The number of benzene rings is 2. The Labute approximate surface area is 169 Å². The Hall–Kier alpha value is -3.61. The van der Waals surface area contributed by atoms with Crippen LogP contribution in [0.15, 0.2) is 54.9 Å². The van der Waals surface area contributed by atoms with Gasteiger partial charge in [-0.2, -0.15) is 0 Å². The van der Waals surface area contributed by atoms with E-state index in [0.717, 1.165) is 16.9 Å². The number of aromatic nitrogens is 2. The topological polar surface area (TPSA) is 85.2 Å². The molecule has 0 spiro atoms. The van der Waals surface area contributed by atoms with Gasteiger partial charge in [-0.3, -0.25) is 9.59 Å². The van der Waals surface area contributed by atoms with Crippen molar-refractivity contribution >= 4 is 17.5 Å². The molecule has 0 saturated heterocycles. The fraction of sp³-hybridized carbons (Fsp3) is 0.227. The van der Waals surface area contributed by atoms with Gasteiger partial charge in [-0.05, 0) is 42.3 Å². The van der Waals surface area contributed by atoms with E-state index in [4.69, 9.17) is 4.74 Å². The second-order valence-electron chi connectivity index (χ2n) is 6.79. The van der Waals surface area contributed by atoms with Gasteiger partial charge in [-0.15, -0.1) is 0 Å². The Morgan fingerprint density at radius 1 is 1.14 bits per heavy atom. The number of hydrogen-bond donors (Lipinski definition) is 2. The smallest absolute Gasteiger partial charge is 0.252 e. The van der Waals surface area contributed by atoms with Gasteiger partial charge < -0.3 is 19.9 Å². The van der Waals surface area contributed by atoms with Crippen LogP contribution in [-0.2, 0) is 11.8 Å². The molecule has 1 atom stereocenters. The highest BCUT2D eigenvalue weighted by Crippen LogP contribution is 2.24. The van der Waals surface area contributed by atoms with E-state index in [-0.39, 0.29) is 11.8 Å². The van der Waals surface area contributed by atoms with Crippen molar-refractivity contribution in [2.45, 2.75) is 19.9 Å². The number of nitrogens with zero attached hydrogens (tertiary/aromatic N) is 2. The molecule has 1 heterocycles. The van der Waals surface area contributed by atoms with E-state index in [0.29, 0.717) is 17.1 Å². The third kappa shape index (κ3) is 4.63.